The largest absolute Gasteiger partial charge is 0.352 e. The maximum Gasteiger partial charge on any atom is 0.251 e. The van der Waals surface area contributed by atoms with Gasteiger partial charge in [-0.25, -0.2) is 0 Å². The van der Waals surface area contributed by atoms with Crippen molar-refractivity contribution in [1.82, 2.24) is 10.2 Å². The summed E-state index contributed by atoms with van der Waals surface area (Å²) in [4.78, 5) is 26.4. The number of amides is 2. The third-order valence-corrected chi connectivity index (χ3v) is 4.12. The molecule has 0 unspecified atom stereocenters. The molecule has 0 bridgehead atoms. The van der Waals surface area contributed by atoms with Crippen LogP contribution in [-0.4, -0.2) is 49.4 Å². The molecule has 0 aliphatic heterocycles. The highest BCUT2D eigenvalue weighted by Crippen LogP contribution is 2.11. The third-order valence-electron chi connectivity index (χ3n) is 4.12. The summed E-state index contributed by atoms with van der Waals surface area (Å²) in [6.07, 6.45) is 0.862. The monoisotopic (exact) mass is 404 g/mol. The first kappa shape index (κ1) is 23.6. The number of nitrogens with two attached hydrogens (primary N) is 1. The van der Waals surface area contributed by atoms with Gasteiger partial charge in [0.2, 0.25) is 5.91 Å². The molecule has 0 atom stereocenters. The Morgan fingerprint density at radius 3 is 2.46 bits per heavy atom. The summed E-state index contributed by atoms with van der Waals surface area (Å²) in [5, 5.41) is 5.61. The van der Waals surface area contributed by atoms with Crippen LogP contribution in [0.15, 0.2) is 54.6 Å². The number of nitrogens with one attached hydrogen (secondary N) is 2. The van der Waals surface area contributed by atoms with E-state index in [1.807, 2.05) is 30.0 Å². The SMILES string of the molecule is CCNC(=O)c1cccc(NC(=O)CN(CCN)CCc2ccccc2)c1.Cl. The summed E-state index contributed by atoms with van der Waals surface area (Å²) in [5.74, 6) is -0.272. The lowest BCUT2D eigenvalue weighted by molar-refractivity contribution is -0.117. The Balaban J connectivity index is 0.00000392. The van der Waals surface area contributed by atoms with E-state index < -0.39 is 0 Å². The first-order chi connectivity index (χ1) is 13.1. The third kappa shape index (κ3) is 8.08. The Hall–Kier alpha value is -2.41. The van der Waals surface area contributed by atoms with Crippen molar-refractivity contribution in [2.75, 3.05) is 38.0 Å². The molecule has 4 N–H and O–H groups in total. The summed E-state index contributed by atoms with van der Waals surface area (Å²) in [5.41, 5.74) is 8.06. The van der Waals surface area contributed by atoms with Crippen LogP contribution in [-0.2, 0) is 11.2 Å². The van der Waals surface area contributed by atoms with Crippen LogP contribution in [0.1, 0.15) is 22.8 Å². The molecule has 0 heterocycles. The van der Waals surface area contributed by atoms with Gasteiger partial charge in [-0.05, 0) is 37.1 Å². The zero-order valence-corrected chi connectivity index (χ0v) is 17.0. The Kier molecular flexibility index (Phi) is 10.9. The van der Waals surface area contributed by atoms with Crippen LogP contribution in [0, 0.1) is 0 Å². The molecular formula is C21H29ClN4O2. The Morgan fingerprint density at radius 2 is 1.79 bits per heavy atom. The number of rotatable bonds is 10. The molecule has 152 valence electrons. The molecule has 0 aromatic heterocycles. The summed E-state index contributed by atoms with van der Waals surface area (Å²) in [6, 6.07) is 17.1. The molecule has 0 saturated carbocycles. The molecule has 0 fully saturated rings. The molecule has 7 heteroatoms. The van der Waals surface area contributed by atoms with Crippen molar-refractivity contribution < 1.29 is 9.59 Å². The number of hydrogen-bond donors (Lipinski definition) is 3. The lowest BCUT2D eigenvalue weighted by atomic mass is 10.1. The number of carbonyl (C=O) groups excluding carboxylic acids is 2. The van der Waals surface area contributed by atoms with Crippen LogP contribution in [0.5, 0.6) is 0 Å². The van der Waals surface area contributed by atoms with Crippen LogP contribution in [0.3, 0.4) is 0 Å². The van der Waals surface area contributed by atoms with E-state index in [0.29, 0.717) is 30.9 Å². The number of anilines is 1. The summed E-state index contributed by atoms with van der Waals surface area (Å²) in [7, 11) is 0. The van der Waals surface area contributed by atoms with Crippen molar-refractivity contribution in [2.24, 2.45) is 5.73 Å². The standard InChI is InChI=1S/C21H28N4O2.ClH/c1-2-23-21(27)18-9-6-10-19(15-18)24-20(26)16-25(14-12-22)13-11-17-7-4-3-5-8-17;/h3-10,15H,2,11-14,16,22H2,1H3,(H,23,27)(H,24,26);1H. The minimum absolute atomic E-state index is 0. The van der Waals surface area contributed by atoms with Crippen LogP contribution < -0.4 is 16.4 Å². The summed E-state index contributed by atoms with van der Waals surface area (Å²) >= 11 is 0. The van der Waals surface area contributed by atoms with E-state index in [1.54, 1.807) is 24.3 Å². The molecular weight excluding hydrogens is 376 g/mol. The number of halogens is 1. The number of hydrogen-bond acceptors (Lipinski definition) is 4. The zero-order valence-electron chi connectivity index (χ0n) is 16.2. The predicted molar refractivity (Wildman–Crippen MR) is 116 cm³/mol. The average Bonchev–Trinajstić information content (AvgIpc) is 2.67. The Morgan fingerprint density at radius 1 is 1.04 bits per heavy atom. The number of carbonyl (C=O) groups is 2. The number of benzene rings is 2. The molecule has 0 aliphatic rings. The topological polar surface area (TPSA) is 87.5 Å². The quantitative estimate of drug-likeness (QED) is 0.567. The zero-order chi connectivity index (χ0) is 19.5. The van der Waals surface area contributed by atoms with Gasteiger partial charge in [-0.15, -0.1) is 12.4 Å². The molecule has 0 radical (unpaired) electrons. The summed E-state index contributed by atoms with van der Waals surface area (Å²) in [6.45, 7) is 4.59. The van der Waals surface area contributed by atoms with Crippen molar-refractivity contribution in [1.29, 1.82) is 0 Å². The minimum atomic E-state index is -0.152. The lowest BCUT2D eigenvalue weighted by Gasteiger charge is -2.21. The molecule has 2 amide bonds. The van der Waals surface area contributed by atoms with Gasteiger partial charge in [0.1, 0.15) is 0 Å². The first-order valence-electron chi connectivity index (χ1n) is 9.26. The van der Waals surface area contributed by atoms with Crippen LogP contribution >= 0.6 is 12.4 Å². The second kappa shape index (κ2) is 12.9. The van der Waals surface area contributed by atoms with Crippen molar-refractivity contribution in [2.45, 2.75) is 13.3 Å². The van der Waals surface area contributed by atoms with Crippen LogP contribution in [0.25, 0.3) is 0 Å². The second-order valence-electron chi connectivity index (χ2n) is 6.29. The predicted octanol–water partition coefficient (Wildman–Crippen LogP) is 2.30. The van der Waals surface area contributed by atoms with E-state index >= 15 is 0 Å². The average molecular weight is 405 g/mol. The minimum Gasteiger partial charge on any atom is -0.352 e. The van der Waals surface area contributed by atoms with Gasteiger partial charge >= 0.3 is 0 Å². The highest BCUT2D eigenvalue weighted by Gasteiger charge is 2.12. The van der Waals surface area contributed by atoms with E-state index in [2.05, 4.69) is 22.8 Å². The van der Waals surface area contributed by atoms with E-state index in [1.165, 1.54) is 5.56 Å². The summed E-state index contributed by atoms with van der Waals surface area (Å²) < 4.78 is 0. The van der Waals surface area contributed by atoms with Crippen molar-refractivity contribution in [3.63, 3.8) is 0 Å². The fraction of sp³-hybridized carbons (Fsp3) is 0.333. The fourth-order valence-corrected chi connectivity index (χ4v) is 2.79. The van der Waals surface area contributed by atoms with Crippen LogP contribution in [0.2, 0.25) is 0 Å². The van der Waals surface area contributed by atoms with Gasteiger partial charge in [0.05, 0.1) is 6.54 Å². The highest BCUT2D eigenvalue weighted by atomic mass is 35.5. The van der Waals surface area contributed by atoms with Gasteiger partial charge < -0.3 is 16.4 Å². The van der Waals surface area contributed by atoms with Gasteiger partial charge in [0.25, 0.3) is 5.91 Å². The van der Waals surface area contributed by atoms with Crippen molar-refractivity contribution >= 4 is 29.9 Å². The van der Waals surface area contributed by atoms with E-state index in [-0.39, 0.29) is 30.8 Å². The van der Waals surface area contributed by atoms with Gasteiger partial charge in [0.15, 0.2) is 0 Å². The fourth-order valence-electron chi connectivity index (χ4n) is 2.79. The second-order valence-corrected chi connectivity index (χ2v) is 6.29. The highest BCUT2D eigenvalue weighted by molar-refractivity contribution is 5.97. The van der Waals surface area contributed by atoms with E-state index in [0.717, 1.165) is 13.0 Å². The molecule has 2 aromatic rings. The van der Waals surface area contributed by atoms with Crippen LogP contribution in [0.4, 0.5) is 5.69 Å². The van der Waals surface area contributed by atoms with Gasteiger partial charge in [0, 0.05) is 37.4 Å². The van der Waals surface area contributed by atoms with Crippen molar-refractivity contribution in [3.8, 4) is 0 Å². The number of nitrogens with zero attached hydrogens (tertiary/aromatic N) is 1. The van der Waals surface area contributed by atoms with Crippen molar-refractivity contribution in [3.05, 3.63) is 65.7 Å². The van der Waals surface area contributed by atoms with E-state index in [4.69, 9.17) is 5.73 Å². The maximum absolute atomic E-state index is 12.4. The van der Waals surface area contributed by atoms with E-state index in [9.17, 15) is 9.59 Å². The smallest absolute Gasteiger partial charge is 0.251 e. The molecule has 2 rings (SSSR count). The van der Waals surface area contributed by atoms with Gasteiger partial charge in [-0.3, -0.25) is 14.5 Å². The normalized spacial score (nSPS) is 10.2. The molecule has 0 saturated heterocycles. The maximum atomic E-state index is 12.4. The molecule has 0 spiro atoms. The molecule has 28 heavy (non-hydrogen) atoms. The Labute approximate surface area is 172 Å². The molecule has 2 aromatic carbocycles. The van der Waals surface area contributed by atoms with Gasteiger partial charge in [-0.2, -0.15) is 0 Å². The van der Waals surface area contributed by atoms with Gasteiger partial charge in [-0.1, -0.05) is 36.4 Å². The lowest BCUT2D eigenvalue weighted by Crippen LogP contribution is -2.38. The first-order valence-corrected chi connectivity index (χ1v) is 9.26. The molecule has 6 nitrogen and oxygen atoms in total. The Bertz CT molecular complexity index is 740. The molecule has 0 aliphatic carbocycles.